The molecule has 92 valence electrons. The lowest BCUT2D eigenvalue weighted by Gasteiger charge is -2.28. The molecular formula is C12H17N3O2. The van der Waals surface area contributed by atoms with E-state index in [1.54, 1.807) is 13.3 Å². The van der Waals surface area contributed by atoms with Gasteiger partial charge in [0.1, 0.15) is 5.75 Å². The van der Waals surface area contributed by atoms with Gasteiger partial charge in [0.2, 0.25) is 5.91 Å². The van der Waals surface area contributed by atoms with Gasteiger partial charge in [-0.15, -0.1) is 0 Å². The quantitative estimate of drug-likeness (QED) is 0.795. The molecular weight excluding hydrogens is 218 g/mol. The highest BCUT2D eigenvalue weighted by molar-refractivity contribution is 5.80. The van der Waals surface area contributed by atoms with Crippen LogP contribution >= 0.6 is 0 Å². The Morgan fingerprint density at radius 1 is 1.65 bits per heavy atom. The molecule has 0 bridgehead atoms. The Bertz CT molecular complexity index is 408. The normalized spacial score (nSPS) is 24.3. The minimum atomic E-state index is -0.301. The van der Waals surface area contributed by atoms with Crippen molar-refractivity contribution in [3.63, 3.8) is 0 Å². The zero-order valence-corrected chi connectivity index (χ0v) is 9.85. The van der Waals surface area contributed by atoms with Crippen molar-refractivity contribution in [1.82, 2.24) is 10.3 Å². The van der Waals surface area contributed by atoms with Gasteiger partial charge in [-0.05, 0) is 31.5 Å². The van der Waals surface area contributed by atoms with Crippen LogP contribution in [0.15, 0.2) is 18.3 Å². The number of nitrogens with zero attached hydrogens (tertiary/aromatic N) is 1. The van der Waals surface area contributed by atoms with E-state index in [1.165, 1.54) is 0 Å². The minimum Gasteiger partial charge on any atom is -0.495 e. The Morgan fingerprint density at radius 2 is 2.47 bits per heavy atom. The second-order valence-electron chi connectivity index (χ2n) is 4.22. The van der Waals surface area contributed by atoms with E-state index < -0.39 is 0 Å². The van der Waals surface area contributed by atoms with Crippen molar-refractivity contribution in [2.24, 2.45) is 5.73 Å². The number of amides is 1. The van der Waals surface area contributed by atoms with Crippen LogP contribution in [-0.2, 0) is 4.79 Å². The highest BCUT2D eigenvalue weighted by atomic mass is 16.5. The Labute approximate surface area is 100 Å². The number of ether oxygens (including phenoxy) is 1. The fourth-order valence-corrected chi connectivity index (χ4v) is 2.26. The monoisotopic (exact) mass is 235 g/mol. The van der Waals surface area contributed by atoms with Gasteiger partial charge in [-0.25, -0.2) is 0 Å². The number of nitrogens with one attached hydrogen (secondary N) is 1. The fraction of sp³-hybridized carbons (Fsp3) is 0.500. The fourth-order valence-electron chi connectivity index (χ4n) is 2.26. The maximum atomic E-state index is 11.2. The first-order chi connectivity index (χ1) is 8.22. The number of pyridine rings is 1. The van der Waals surface area contributed by atoms with E-state index in [-0.39, 0.29) is 17.9 Å². The second kappa shape index (κ2) is 5.14. The molecule has 0 spiro atoms. The number of aromatic nitrogens is 1. The van der Waals surface area contributed by atoms with Crippen LogP contribution in [0.5, 0.6) is 5.75 Å². The molecule has 2 unspecified atom stereocenters. The van der Waals surface area contributed by atoms with E-state index in [0.29, 0.717) is 6.42 Å². The summed E-state index contributed by atoms with van der Waals surface area (Å²) < 4.78 is 5.30. The standard InChI is InChI=1S/C12H17N3O2/c1-17-10-3-2-5-15-11(10)8-4-6-14-9(7-8)12(13)16/h2-3,5,8-9,14H,4,6-7H2,1H3,(H2,13,16). The number of carbonyl (C=O) groups excluding carboxylic acids is 1. The maximum absolute atomic E-state index is 11.2. The average Bonchev–Trinajstić information content (AvgIpc) is 2.39. The number of primary amides is 1. The predicted octanol–water partition coefficient (Wildman–Crippen LogP) is 0.411. The smallest absolute Gasteiger partial charge is 0.234 e. The molecule has 2 heterocycles. The van der Waals surface area contributed by atoms with E-state index in [1.807, 2.05) is 12.1 Å². The Kier molecular flexibility index (Phi) is 3.58. The van der Waals surface area contributed by atoms with E-state index in [2.05, 4.69) is 10.3 Å². The van der Waals surface area contributed by atoms with Crippen LogP contribution in [0.25, 0.3) is 0 Å². The number of methoxy groups -OCH3 is 1. The van der Waals surface area contributed by atoms with E-state index >= 15 is 0 Å². The van der Waals surface area contributed by atoms with Crippen LogP contribution in [0.4, 0.5) is 0 Å². The summed E-state index contributed by atoms with van der Waals surface area (Å²) in [7, 11) is 1.63. The van der Waals surface area contributed by atoms with Crippen LogP contribution in [0.1, 0.15) is 24.5 Å². The molecule has 2 rings (SSSR count). The summed E-state index contributed by atoms with van der Waals surface area (Å²) in [6.07, 6.45) is 3.37. The van der Waals surface area contributed by atoms with Gasteiger partial charge in [-0.2, -0.15) is 0 Å². The number of nitrogens with two attached hydrogens (primary N) is 1. The van der Waals surface area contributed by atoms with Gasteiger partial charge in [0.15, 0.2) is 0 Å². The first kappa shape index (κ1) is 11.9. The number of hydrogen-bond donors (Lipinski definition) is 2. The van der Waals surface area contributed by atoms with E-state index in [9.17, 15) is 4.79 Å². The summed E-state index contributed by atoms with van der Waals surface area (Å²) in [5, 5.41) is 3.11. The molecule has 5 heteroatoms. The lowest BCUT2D eigenvalue weighted by Crippen LogP contribution is -2.46. The summed E-state index contributed by atoms with van der Waals surface area (Å²) >= 11 is 0. The molecule has 1 amide bonds. The van der Waals surface area contributed by atoms with E-state index in [0.717, 1.165) is 24.4 Å². The van der Waals surface area contributed by atoms with Gasteiger partial charge in [0, 0.05) is 12.1 Å². The molecule has 3 N–H and O–H groups in total. The van der Waals surface area contributed by atoms with Crippen molar-refractivity contribution in [1.29, 1.82) is 0 Å². The molecule has 1 aliphatic heterocycles. The number of hydrogen-bond acceptors (Lipinski definition) is 4. The van der Waals surface area contributed by atoms with Crippen molar-refractivity contribution in [3.05, 3.63) is 24.0 Å². The summed E-state index contributed by atoms with van der Waals surface area (Å²) in [6.45, 7) is 0.776. The Balaban J connectivity index is 2.18. The average molecular weight is 235 g/mol. The van der Waals surface area contributed by atoms with Gasteiger partial charge >= 0.3 is 0 Å². The first-order valence-corrected chi connectivity index (χ1v) is 5.74. The van der Waals surface area contributed by atoms with E-state index in [4.69, 9.17) is 10.5 Å². The van der Waals surface area contributed by atoms with Gasteiger partial charge < -0.3 is 15.8 Å². The molecule has 1 saturated heterocycles. The zero-order valence-electron chi connectivity index (χ0n) is 9.85. The van der Waals surface area contributed by atoms with Crippen LogP contribution < -0.4 is 15.8 Å². The van der Waals surface area contributed by atoms with Crippen molar-refractivity contribution in [2.45, 2.75) is 24.8 Å². The largest absolute Gasteiger partial charge is 0.495 e. The summed E-state index contributed by atoms with van der Waals surface area (Å²) in [6, 6.07) is 3.47. The predicted molar refractivity (Wildman–Crippen MR) is 63.7 cm³/mol. The van der Waals surface area contributed by atoms with Crippen molar-refractivity contribution < 1.29 is 9.53 Å². The van der Waals surface area contributed by atoms with Gasteiger partial charge in [0.05, 0.1) is 18.8 Å². The number of rotatable bonds is 3. The van der Waals surface area contributed by atoms with Gasteiger partial charge in [-0.1, -0.05) is 0 Å². The van der Waals surface area contributed by atoms with Crippen molar-refractivity contribution in [2.75, 3.05) is 13.7 Å². The molecule has 5 nitrogen and oxygen atoms in total. The molecule has 1 fully saturated rings. The SMILES string of the molecule is COc1cccnc1C1CCNC(C(N)=O)C1. The third-order valence-electron chi connectivity index (χ3n) is 3.15. The third-order valence-corrected chi connectivity index (χ3v) is 3.15. The van der Waals surface area contributed by atoms with Crippen LogP contribution in [0.3, 0.4) is 0 Å². The molecule has 0 saturated carbocycles. The summed E-state index contributed by atoms with van der Waals surface area (Å²) in [5.41, 5.74) is 6.24. The topological polar surface area (TPSA) is 77.2 Å². The molecule has 0 aliphatic carbocycles. The molecule has 1 aromatic heterocycles. The van der Waals surface area contributed by atoms with Gasteiger partial charge in [-0.3, -0.25) is 9.78 Å². The molecule has 2 atom stereocenters. The first-order valence-electron chi connectivity index (χ1n) is 5.74. The van der Waals surface area contributed by atoms with Crippen molar-refractivity contribution in [3.8, 4) is 5.75 Å². The maximum Gasteiger partial charge on any atom is 0.234 e. The summed E-state index contributed by atoms with van der Waals surface area (Å²) in [4.78, 5) is 15.6. The Hall–Kier alpha value is -1.62. The number of carbonyl (C=O) groups is 1. The van der Waals surface area contributed by atoms with Crippen molar-refractivity contribution >= 4 is 5.91 Å². The lowest BCUT2D eigenvalue weighted by atomic mass is 9.88. The minimum absolute atomic E-state index is 0.227. The Morgan fingerprint density at radius 3 is 3.18 bits per heavy atom. The van der Waals surface area contributed by atoms with Crippen LogP contribution in [0, 0.1) is 0 Å². The molecule has 1 aromatic rings. The highest BCUT2D eigenvalue weighted by Gasteiger charge is 2.28. The second-order valence-corrected chi connectivity index (χ2v) is 4.22. The van der Waals surface area contributed by atoms with Crippen LogP contribution in [0.2, 0.25) is 0 Å². The molecule has 1 aliphatic rings. The summed E-state index contributed by atoms with van der Waals surface area (Å²) in [5.74, 6) is 0.706. The zero-order chi connectivity index (χ0) is 12.3. The molecule has 0 aromatic carbocycles. The number of piperidine rings is 1. The molecule has 17 heavy (non-hydrogen) atoms. The molecule has 0 radical (unpaired) electrons. The van der Waals surface area contributed by atoms with Crippen LogP contribution in [-0.4, -0.2) is 30.6 Å². The van der Waals surface area contributed by atoms with Gasteiger partial charge in [0.25, 0.3) is 0 Å². The lowest BCUT2D eigenvalue weighted by molar-refractivity contribution is -0.120. The highest BCUT2D eigenvalue weighted by Crippen LogP contribution is 2.31. The third kappa shape index (κ3) is 2.55.